The minimum Gasteiger partial charge on any atom is -0.331 e. The van der Waals surface area contributed by atoms with E-state index in [1.54, 1.807) is 29.3 Å². The fourth-order valence-electron chi connectivity index (χ4n) is 2.01. The zero-order valence-electron chi connectivity index (χ0n) is 12.4. The van der Waals surface area contributed by atoms with Crippen molar-refractivity contribution in [3.63, 3.8) is 0 Å². The van der Waals surface area contributed by atoms with Crippen molar-refractivity contribution in [1.29, 1.82) is 0 Å². The Hall–Kier alpha value is -2.37. The van der Waals surface area contributed by atoms with Crippen LogP contribution in [0.15, 0.2) is 36.8 Å². The van der Waals surface area contributed by atoms with Crippen molar-refractivity contribution in [3.05, 3.63) is 42.4 Å². The number of hydrogen-bond acceptors (Lipinski definition) is 3. The smallest absolute Gasteiger partial charge is 0.320 e. The molecule has 2 N–H and O–H groups in total. The zero-order chi connectivity index (χ0) is 15.1. The van der Waals surface area contributed by atoms with Gasteiger partial charge >= 0.3 is 6.03 Å². The molecular weight excluding hydrogens is 266 g/mol. The van der Waals surface area contributed by atoms with E-state index in [0.717, 1.165) is 24.9 Å². The number of nitrogens with one attached hydrogen (secondary N) is 2. The lowest BCUT2D eigenvalue weighted by atomic mass is 10.1. The lowest BCUT2D eigenvalue weighted by molar-refractivity contribution is 0.249. The summed E-state index contributed by atoms with van der Waals surface area (Å²) >= 11 is 0. The van der Waals surface area contributed by atoms with Gasteiger partial charge in [-0.05, 0) is 31.0 Å². The van der Waals surface area contributed by atoms with Crippen LogP contribution >= 0.6 is 0 Å². The molecule has 0 aliphatic carbocycles. The second-order valence-corrected chi connectivity index (χ2v) is 4.89. The van der Waals surface area contributed by atoms with Crippen LogP contribution in [0.2, 0.25) is 0 Å². The molecule has 6 heteroatoms. The fourth-order valence-corrected chi connectivity index (χ4v) is 2.01. The maximum Gasteiger partial charge on any atom is 0.320 e. The predicted octanol–water partition coefficient (Wildman–Crippen LogP) is 2.96. The lowest BCUT2D eigenvalue weighted by Gasteiger charge is -2.15. The van der Waals surface area contributed by atoms with Crippen LogP contribution in [0.25, 0.3) is 0 Å². The average molecular weight is 287 g/mol. The zero-order valence-corrected chi connectivity index (χ0v) is 12.4. The van der Waals surface area contributed by atoms with Crippen LogP contribution in [0.1, 0.15) is 38.3 Å². The molecule has 112 valence electrons. The molecule has 6 nitrogen and oxygen atoms in total. The lowest BCUT2D eigenvalue weighted by Crippen LogP contribution is -2.32. The molecule has 2 heterocycles. The molecule has 2 aromatic rings. The molecule has 0 spiro atoms. The summed E-state index contributed by atoms with van der Waals surface area (Å²) in [5, 5.41) is 9.94. The van der Waals surface area contributed by atoms with Crippen molar-refractivity contribution in [2.75, 3.05) is 5.32 Å². The number of nitrogens with zero attached hydrogens (tertiary/aromatic N) is 3. The van der Waals surface area contributed by atoms with Gasteiger partial charge in [0.2, 0.25) is 0 Å². The minimum atomic E-state index is -0.238. The van der Waals surface area contributed by atoms with Gasteiger partial charge in [0.15, 0.2) is 0 Å². The maximum absolute atomic E-state index is 12.0. The molecule has 0 saturated carbocycles. The average Bonchev–Trinajstić information content (AvgIpc) is 2.93. The standard InChI is InChI=1S/C15H21N5O/c1-3-4-11-20-14(7-10-17-20)19-15(21)18-12(2)13-5-8-16-9-6-13/h5-10,12H,3-4,11H2,1-2H3,(H2,18,19,21)/t12-/m1/s1. The van der Waals surface area contributed by atoms with Gasteiger partial charge in [-0.2, -0.15) is 5.10 Å². The van der Waals surface area contributed by atoms with Gasteiger partial charge in [-0.1, -0.05) is 13.3 Å². The van der Waals surface area contributed by atoms with Gasteiger partial charge in [0, 0.05) is 25.0 Å². The first-order valence-electron chi connectivity index (χ1n) is 7.20. The van der Waals surface area contributed by atoms with Gasteiger partial charge < -0.3 is 5.32 Å². The summed E-state index contributed by atoms with van der Waals surface area (Å²) in [5.74, 6) is 0.711. The first kappa shape index (κ1) is 15.0. The van der Waals surface area contributed by atoms with Gasteiger partial charge in [0.25, 0.3) is 0 Å². The van der Waals surface area contributed by atoms with Gasteiger partial charge in [-0.3, -0.25) is 10.3 Å². The number of amides is 2. The number of rotatable bonds is 6. The van der Waals surface area contributed by atoms with E-state index in [4.69, 9.17) is 0 Å². The van der Waals surface area contributed by atoms with Crippen LogP contribution in [0.3, 0.4) is 0 Å². The van der Waals surface area contributed by atoms with Crippen LogP contribution in [-0.2, 0) is 6.54 Å². The topological polar surface area (TPSA) is 71.8 Å². The van der Waals surface area contributed by atoms with Crippen molar-refractivity contribution < 1.29 is 4.79 Å². The van der Waals surface area contributed by atoms with E-state index in [0.29, 0.717) is 5.82 Å². The SMILES string of the molecule is CCCCn1nccc1NC(=O)N[C@H](C)c1ccncc1. The van der Waals surface area contributed by atoms with Crippen LogP contribution in [0.4, 0.5) is 10.6 Å². The van der Waals surface area contributed by atoms with Crippen LogP contribution in [0.5, 0.6) is 0 Å². The van der Waals surface area contributed by atoms with Crippen molar-refractivity contribution in [1.82, 2.24) is 20.1 Å². The summed E-state index contributed by atoms with van der Waals surface area (Å²) in [6, 6.07) is 5.25. The van der Waals surface area contributed by atoms with E-state index in [-0.39, 0.29) is 12.1 Å². The Labute approximate surface area is 124 Å². The quantitative estimate of drug-likeness (QED) is 0.858. The molecule has 21 heavy (non-hydrogen) atoms. The largest absolute Gasteiger partial charge is 0.331 e. The van der Waals surface area contributed by atoms with E-state index >= 15 is 0 Å². The molecule has 2 aromatic heterocycles. The van der Waals surface area contributed by atoms with Crippen LogP contribution in [-0.4, -0.2) is 20.8 Å². The molecular formula is C15H21N5O. The highest BCUT2D eigenvalue weighted by atomic mass is 16.2. The van der Waals surface area contributed by atoms with E-state index in [9.17, 15) is 4.79 Å². The van der Waals surface area contributed by atoms with E-state index in [2.05, 4.69) is 27.6 Å². The third-order valence-corrected chi connectivity index (χ3v) is 3.24. The predicted molar refractivity (Wildman–Crippen MR) is 81.9 cm³/mol. The van der Waals surface area contributed by atoms with Crippen molar-refractivity contribution in [2.24, 2.45) is 0 Å². The highest BCUT2D eigenvalue weighted by Gasteiger charge is 2.11. The molecule has 1 atom stereocenters. The molecule has 0 aromatic carbocycles. The maximum atomic E-state index is 12.0. The van der Waals surface area contributed by atoms with Gasteiger partial charge in [0.05, 0.1) is 12.2 Å². The summed E-state index contributed by atoms with van der Waals surface area (Å²) in [6.07, 6.45) is 7.24. The normalized spacial score (nSPS) is 11.9. The summed E-state index contributed by atoms with van der Waals surface area (Å²) in [7, 11) is 0. The number of carbonyl (C=O) groups excluding carboxylic acids is 1. The fraction of sp³-hybridized carbons (Fsp3) is 0.400. The molecule has 2 amide bonds. The molecule has 0 aliphatic heterocycles. The Kier molecular flexibility index (Phi) is 5.31. The highest BCUT2D eigenvalue weighted by Crippen LogP contribution is 2.12. The summed E-state index contributed by atoms with van der Waals surface area (Å²) in [4.78, 5) is 16.0. The van der Waals surface area contributed by atoms with Gasteiger partial charge in [0.1, 0.15) is 5.82 Å². The monoisotopic (exact) mass is 287 g/mol. The third kappa shape index (κ3) is 4.30. The molecule has 2 rings (SSSR count). The molecule has 0 saturated heterocycles. The molecule has 0 fully saturated rings. The Balaban J connectivity index is 1.91. The molecule has 0 aliphatic rings. The number of aromatic nitrogens is 3. The van der Waals surface area contributed by atoms with Gasteiger partial charge in [-0.25, -0.2) is 9.48 Å². The van der Waals surface area contributed by atoms with Crippen LogP contribution < -0.4 is 10.6 Å². The number of unbranched alkanes of at least 4 members (excludes halogenated alkanes) is 1. The summed E-state index contributed by atoms with van der Waals surface area (Å²) in [6.45, 7) is 4.86. The molecule has 0 bridgehead atoms. The molecule has 0 unspecified atom stereocenters. The minimum absolute atomic E-state index is 0.0833. The van der Waals surface area contributed by atoms with Gasteiger partial charge in [-0.15, -0.1) is 0 Å². The first-order valence-corrected chi connectivity index (χ1v) is 7.20. The van der Waals surface area contributed by atoms with Crippen molar-refractivity contribution >= 4 is 11.8 Å². The van der Waals surface area contributed by atoms with Crippen molar-refractivity contribution in [2.45, 2.75) is 39.3 Å². The number of urea groups is 1. The number of pyridine rings is 1. The third-order valence-electron chi connectivity index (χ3n) is 3.24. The summed E-state index contributed by atoms with van der Waals surface area (Å²) < 4.78 is 1.81. The second-order valence-electron chi connectivity index (χ2n) is 4.89. The Morgan fingerprint density at radius 3 is 2.76 bits per heavy atom. The van der Waals surface area contributed by atoms with Crippen LogP contribution in [0, 0.1) is 0 Å². The van der Waals surface area contributed by atoms with E-state index in [1.807, 2.05) is 19.1 Å². The number of aryl methyl sites for hydroxylation is 1. The first-order chi connectivity index (χ1) is 10.2. The number of anilines is 1. The van der Waals surface area contributed by atoms with E-state index < -0.39 is 0 Å². The van der Waals surface area contributed by atoms with Crippen molar-refractivity contribution in [3.8, 4) is 0 Å². The number of carbonyl (C=O) groups is 1. The Morgan fingerprint density at radius 2 is 2.05 bits per heavy atom. The number of hydrogen-bond donors (Lipinski definition) is 2. The highest BCUT2D eigenvalue weighted by molar-refractivity contribution is 5.88. The summed E-state index contributed by atoms with van der Waals surface area (Å²) in [5.41, 5.74) is 1.01. The Bertz CT molecular complexity index is 566. The Morgan fingerprint density at radius 1 is 1.29 bits per heavy atom. The van der Waals surface area contributed by atoms with E-state index in [1.165, 1.54) is 0 Å². The molecule has 0 radical (unpaired) electrons. The second kappa shape index (κ2) is 7.42.